The molecule has 5 heteroatoms. The van der Waals surface area contributed by atoms with E-state index in [4.69, 9.17) is 13.9 Å². The van der Waals surface area contributed by atoms with Gasteiger partial charge in [-0.1, -0.05) is 0 Å². The third kappa shape index (κ3) is 4.71. The SMILES string of the molecule is SC(COCc1ccco1)CN1CCOCC1. The first-order valence-corrected chi connectivity index (χ1v) is 6.44. The van der Waals surface area contributed by atoms with E-state index >= 15 is 0 Å². The van der Waals surface area contributed by atoms with E-state index < -0.39 is 0 Å². The molecule has 96 valence electrons. The van der Waals surface area contributed by atoms with Gasteiger partial charge >= 0.3 is 0 Å². The van der Waals surface area contributed by atoms with Gasteiger partial charge in [0.15, 0.2) is 0 Å². The normalized spacial score (nSPS) is 19.4. The monoisotopic (exact) mass is 257 g/mol. The molecular formula is C12H19NO3S. The number of hydrogen-bond donors (Lipinski definition) is 1. The van der Waals surface area contributed by atoms with Gasteiger partial charge in [-0.05, 0) is 12.1 Å². The Kier molecular flexibility index (Phi) is 5.38. The second-order valence-corrected chi connectivity index (χ2v) is 4.89. The number of furan rings is 1. The van der Waals surface area contributed by atoms with Crippen molar-refractivity contribution in [3.05, 3.63) is 24.2 Å². The summed E-state index contributed by atoms with van der Waals surface area (Å²) in [6, 6.07) is 3.78. The molecule has 1 fully saturated rings. The minimum absolute atomic E-state index is 0.239. The van der Waals surface area contributed by atoms with Crippen LogP contribution in [0.5, 0.6) is 0 Å². The average molecular weight is 257 g/mol. The van der Waals surface area contributed by atoms with Crippen LogP contribution >= 0.6 is 12.6 Å². The fourth-order valence-electron chi connectivity index (χ4n) is 1.82. The molecule has 0 radical (unpaired) electrons. The van der Waals surface area contributed by atoms with Crippen molar-refractivity contribution in [2.24, 2.45) is 0 Å². The van der Waals surface area contributed by atoms with Crippen LogP contribution in [-0.4, -0.2) is 49.6 Å². The van der Waals surface area contributed by atoms with E-state index in [1.807, 2.05) is 12.1 Å². The van der Waals surface area contributed by atoms with Gasteiger partial charge in [0.25, 0.3) is 0 Å². The minimum atomic E-state index is 0.239. The van der Waals surface area contributed by atoms with Gasteiger partial charge in [-0.3, -0.25) is 4.90 Å². The van der Waals surface area contributed by atoms with Crippen LogP contribution in [-0.2, 0) is 16.1 Å². The molecule has 2 rings (SSSR count). The fourth-order valence-corrected chi connectivity index (χ4v) is 2.16. The van der Waals surface area contributed by atoms with Gasteiger partial charge in [0, 0.05) is 24.9 Å². The van der Waals surface area contributed by atoms with Crippen LogP contribution < -0.4 is 0 Å². The lowest BCUT2D eigenvalue weighted by atomic mass is 10.3. The molecule has 0 saturated carbocycles. The number of rotatable bonds is 6. The predicted molar refractivity (Wildman–Crippen MR) is 68.4 cm³/mol. The van der Waals surface area contributed by atoms with Crippen LogP contribution in [0.4, 0.5) is 0 Å². The van der Waals surface area contributed by atoms with E-state index in [-0.39, 0.29) is 5.25 Å². The van der Waals surface area contributed by atoms with E-state index in [9.17, 15) is 0 Å². The Balaban J connectivity index is 1.58. The van der Waals surface area contributed by atoms with Gasteiger partial charge in [0.2, 0.25) is 0 Å². The van der Waals surface area contributed by atoms with Crippen LogP contribution in [0.3, 0.4) is 0 Å². The summed E-state index contributed by atoms with van der Waals surface area (Å²) in [5.74, 6) is 0.858. The van der Waals surface area contributed by atoms with Crippen molar-refractivity contribution >= 4 is 12.6 Å². The number of morpholine rings is 1. The second-order valence-electron chi connectivity index (χ2n) is 4.16. The van der Waals surface area contributed by atoms with Crippen molar-refractivity contribution in [1.29, 1.82) is 0 Å². The molecule has 1 unspecified atom stereocenters. The summed E-state index contributed by atoms with van der Waals surface area (Å²) in [6.07, 6.45) is 1.66. The second kappa shape index (κ2) is 7.06. The molecule has 0 aliphatic carbocycles. The lowest BCUT2D eigenvalue weighted by molar-refractivity contribution is 0.0317. The summed E-state index contributed by atoms with van der Waals surface area (Å²) in [5.41, 5.74) is 0. The Labute approximate surface area is 107 Å². The van der Waals surface area contributed by atoms with E-state index in [1.54, 1.807) is 6.26 Å². The van der Waals surface area contributed by atoms with Gasteiger partial charge in [-0.25, -0.2) is 0 Å². The van der Waals surface area contributed by atoms with Gasteiger partial charge in [0.05, 0.1) is 26.1 Å². The zero-order valence-electron chi connectivity index (χ0n) is 9.88. The Morgan fingerprint density at radius 3 is 2.94 bits per heavy atom. The van der Waals surface area contributed by atoms with Gasteiger partial charge < -0.3 is 13.9 Å². The zero-order valence-corrected chi connectivity index (χ0v) is 10.8. The van der Waals surface area contributed by atoms with E-state index in [2.05, 4.69) is 17.5 Å². The molecule has 0 amide bonds. The highest BCUT2D eigenvalue weighted by atomic mass is 32.1. The van der Waals surface area contributed by atoms with Crippen LogP contribution in [0.2, 0.25) is 0 Å². The van der Waals surface area contributed by atoms with Crippen molar-refractivity contribution in [3.63, 3.8) is 0 Å². The Morgan fingerprint density at radius 1 is 1.41 bits per heavy atom. The third-order valence-electron chi connectivity index (χ3n) is 2.71. The summed E-state index contributed by atoms with van der Waals surface area (Å²) in [4.78, 5) is 2.36. The lowest BCUT2D eigenvalue weighted by Crippen LogP contribution is -2.40. The van der Waals surface area contributed by atoms with Crippen LogP contribution in [0.1, 0.15) is 5.76 Å². The molecule has 0 spiro atoms. The zero-order chi connectivity index (χ0) is 11.9. The molecule has 0 bridgehead atoms. The quantitative estimate of drug-likeness (QED) is 0.782. The number of thiol groups is 1. The average Bonchev–Trinajstić information content (AvgIpc) is 2.83. The highest BCUT2D eigenvalue weighted by Gasteiger charge is 2.14. The summed E-state index contributed by atoms with van der Waals surface area (Å²) in [5, 5.41) is 0.239. The largest absolute Gasteiger partial charge is 0.467 e. The standard InChI is InChI=1S/C12H19NO3S/c17-12(8-13-3-6-14-7-4-13)10-15-9-11-2-1-5-16-11/h1-2,5,12,17H,3-4,6-10H2. The summed E-state index contributed by atoms with van der Waals surface area (Å²) in [6.45, 7) is 5.75. The molecule has 1 aliphatic rings. The number of ether oxygens (including phenoxy) is 2. The minimum Gasteiger partial charge on any atom is -0.467 e. The Bertz CT molecular complexity index is 299. The smallest absolute Gasteiger partial charge is 0.129 e. The molecule has 2 heterocycles. The van der Waals surface area contributed by atoms with Gasteiger partial charge in [0.1, 0.15) is 12.4 Å². The third-order valence-corrected chi connectivity index (χ3v) is 3.02. The molecule has 17 heavy (non-hydrogen) atoms. The molecule has 0 aromatic carbocycles. The van der Waals surface area contributed by atoms with Crippen LogP contribution in [0.15, 0.2) is 22.8 Å². The van der Waals surface area contributed by atoms with Crippen molar-refractivity contribution in [3.8, 4) is 0 Å². The summed E-state index contributed by atoms with van der Waals surface area (Å²) in [7, 11) is 0. The number of nitrogens with zero attached hydrogens (tertiary/aromatic N) is 1. The van der Waals surface area contributed by atoms with Crippen molar-refractivity contribution in [2.45, 2.75) is 11.9 Å². The molecule has 1 atom stereocenters. The maximum absolute atomic E-state index is 5.55. The van der Waals surface area contributed by atoms with Crippen LogP contribution in [0.25, 0.3) is 0 Å². The van der Waals surface area contributed by atoms with E-state index in [0.29, 0.717) is 13.2 Å². The highest BCUT2D eigenvalue weighted by Crippen LogP contribution is 2.06. The summed E-state index contributed by atoms with van der Waals surface area (Å²) < 4.78 is 16.0. The van der Waals surface area contributed by atoms with E-state index in [0.717, 1.165) is 38.6 Å². The summed E-state index contributed by atoms with van der Waals surface area (Å²) >= 11 is 4.53. The van der Waals surface area contributed by atoms with Crippen molar-refractivity contribution < 1.29 is 13.9 Å². The van der Waals surface area contributed by atoms with Crippen molar-refractivity contribution in [1.82, 2.24) is 4.90 Å². The van der Waals surface area contributed by atoms with Gasteiger partial charge in [-0.2, -0.15) is 12.6 Å². The van der Waals surface area contributed by atoms with Crippen LogP contribution in [0, 0.1) is 0 Å². The molecule has 0 N–H and O–H groups in total. The fraction of sp³-hybridized carbons (Fsp3) is 0.667. The Hall–Kier alpha value is -0.490. The molecule has 1 aliphatic heterocycles. The molecule has 1 saturated heterocycles. The maximum atomic E-state index is 5.55. The number of hydrogen-bond acceptors (Lipinski definition) is 5. The molecule has 1 aromatic heterocycles. The highest BCUT2D eigenvalue weighted by molar-refractivity contribution is 7.81. The first kappa shape index (κ1) is 13.0. The molecular weight excluding hydrogens is 238 g/mol. The maximum Gasteiger partial charge on any atom is 0.129 e. The first-order valence-electron chi connectivity index (χ1n) is 5.93. The lowest BCUT2D eigenvalue weighted by Gasteiger charge is -2.28. The topological polar surface area (TPSA) is 34.8 Å². The van der Waals surface area contributed by atoms with E-state index in [1.165, 1.54) is 0 Å². The molecule has 4 nitrogen and oxygen atoms in total. The molecule has 1 aromatic rings. The van der Waals surface area contributed by atoms with Crippen molar-refractivity contribution in [2.75, 3.05) is 39.5 Å². The first-order chi connectivity index (χ1) is 8.34. The predicted octanol–water partition coefficient (Wildman–Crippen LogP) is 1.43. The Morgan fingerprint density at radius 2 is 2.24 bits per heavy atom. The van der Waals surface area contributed by atoms with Gasteiger partial charge in [-0.15, -0.1) is 0 Å².